The van der Waals surface area contributed by atoms with Crippen molar-refractivity contribution < 1.29 is 9.59 Å². The van der Waals surface area contributed by atoms with E-state index >= 15 is 0 Å². The van der Waals surface area contributed by atoms with Crippen molar-refractivity contribution >= 4 is 34.1 Å². The molecule has 0 aliphatic carbocycles. The van der Waals surface area contributed by atoms with Gasteiger partial charge >= 0.3 is 0 Å². The molecule has 1 saturated heterocycles. The van der Waals surface area contributed by atoms with Crippen LogP contribution in [-0.4, -0.2) is 57.8 Å². The molecule has 2 amide bonds. The quantitative estimate of drug-likeness (QED) is 0.640. The molecule has 0 aromatic carbocycles. The first-order valence-electron chi connectivity index (χ1n) is 9.47. The normalized spacial score (nSPS) is 13.9. The fourth-order valence-corrected chi connectivity index (χ4v) is 3.86. The molecule has 9 nitrogen and oxygen atoms in total. The molecule has 4 rings (SSSR count). The molecule has 0 saturated carbocycles. The Morgan fingerprint density at radius 3 is 2.67 bits per heavy atom. The van der Waals surface area contributed by atoms with E-state index in [0.717, 1.165) is 18.9 Å². The lowest BCUT2D eigenvalue weighted by Gasteiger charge is -2.35. The number of piperazine rings is 1. The molecule has 30 heavy (non-hydrogen) atoms. The van der Waals surface area contributed by atoms with Gasteiger partial charge in [-0.05, 0) is 18.2 Å². The van der Waals surface area contributed by atoms with Gasteiger partial charge in [0.2, 0.25) is 11.5 Å². The van der Waals surface area contributed by atoms with Crippen LogP contribution in [0, 0.1) is 0 Å². The lowest BCUT2D eigenvalue weighted by molar-refractivity contribution is -0.130. The van der Waals surface area contributed by atoms with Crippen LogP contribution in [0.15, 0.2) is 52.9 Å². The second-order valence-electron chi connectivity index (χ2n) is 6.77. The van der Waals surface area contributed by atoms with Crippen molar-refractivity contribution in [2.24, 2.45) is 0 Å². The monoisotopic (exact) mass is 424 g/mol. The average molecular weight is 424 g/mol. The van der Waals surface area contributed by atoms with Crippen LogP contribution in [0.25, 0.3) is 0 Å². The molecular formula is C20H20N6O3S. The maximum Gasteiger partial charge on any atom is 0.258 e. The third kappa shape index (κ3) is 4.71. The van der Waals surface area contributed by atoms with Gasteiger partial charge in [-0.25, -0.2) is 9.97 Å². The van der Waals surface area contributed by atoms with Gasteiger partial charge in [0, 0.05) is 50.0 Å². The third-order valence-corrected chi connectivity index (χ3v) is 5.56. The van der Waals surface area contributed by atoms with Gasteiger partial charge < -0.3 is 14.8 Å². The zero-order valence-electron chi connectivity index (χ0n) is 16.1. The Bertz CT molecular complexity index is 1070. The molecule has 2 N–H and O–H groups in total. The molecule has 1 fully saturated rings. The molecule has 0 bridgehead atoms. The zero-order chi connectivity index (χ0) is 20.9. The fourth-order valence-electron chi connectivity index (χ4n) is 3.16. The molecule has 10 heteroatoms. The summed E-state index contributed by atoms with van der Waals surface area (Å²) in [7, 11) is 0. The summed E-state index contributed by atoms with van der Waals surface area (Å²) in [5, 5.41) is 4.86. The van der Waals surface area contributed by atoms with Crippen LogP contribution >= 0.6 is 11.3 Å². The summed E-state index contributed by atoms with van der Waals surface area (Å²) in [6, 6.07) is 8.53. The molecular weight excluding hydrogens is 404 g/mol. The van der Waals surface area contributed by atoms with Gasteiger partial charge in [0.1, 0.15) is 5.82 Å². The summed E-state index contributed by atoms with van der Waals surface area (Å²) < 4.78 is 0. The highest BCUT2D eigenvalue weighted by Gasteiger charge is 2.22. The standard InChI is InChI=1S/C20H20N6O3S/c27-17-5-4-14(12-22-17)19(29)24-20-23-15(13-30-20)11-18(28)26-9-7-25(8-10-26)16-3-1-2-6-21-16/h1-6,12-13H,7-11H2,(H,22,27)(H,23,24,29). The van der Waals surface area contributed by atoms with Crippen molar-refractivity contribution in [2.45, 2.75) is 6.42 Å². The number of rotatable bonds is 5. The predicted molar refractivity (Wildman–Crippen MR) is 114 cm³/mol. The van der Waals surface area contributed by atoms with Crippen molar-refractivity contribution in [1.29, 1.82) is 0 Å². The van der Waals surface area contributed by atoms with E-state index in [2.05, 4.69) is 25.2 Å². The molecule has 0 spiro atoms. The number of pyridine rings is 2. The van der Waals surface area contributed by atoms with E-state index in [9.17, 15) is 14.4 Å². The van der Waals surface area contributed by atoms with Crippen molar-refractivity contribution in [3.05, 3.63) is 69.7 Å². The number of H-pyrrole nitrogens is 1. The van der Waals surface area contributed by atoms with Crippen LogP contribution < -0.4 is 15.8 Å². The SMILES string of the molecule is O=C(Nc1nc(CC(=O)N2CCN(c3ccccn3)CC2)cs1)c1ccc(=O)[nH]c1. The van der Waals surface area contributed by atoms with Gasteiger partial charge in [0.25, 0.3) is 5.91 Å². The predicted octanol–water partition coefficient (Wildman–Crippen LogP) is 1.37. The van der Waals surface area contributed by atoms with Crippen LogP contribution in [-0.2, 0) is 11.2 Å². The summed E-state index contributed by atoms with van der Waals surface area (Å²) in [4.78, 5) is 51.1. The first-order valence-corrected chi connectivity index (χ1v) is 10.3. The van der Waals surface area contributed by atoms with Gasteiger partial charge in [-0.15, -0.1) is 11.3 Å². The molecule has 1 aliphatic heterocycles. The largest absolute Gasteiger partial charge is 0.353 e. The van der Waals surface area contributed by atoms with Crippen molar-refractivity contribution in [3.63, 3.8) is 0 Å². The number of hydrogen-bond donors (Lipinski definition) is 2. The Labute approximate surface area is 176 Å². The minimum atomic E-state index is -0.371. The van der Waals surface area contributed by atoms with Gasteiger partial charge in [-0.2, -0.15) is 0 Å². The molecule has 1 aliphatic rings. The van der Waals surface area contributed by atoms with E-state index in [0.29, 0.717) is 29.5 Å². The molecule has 4 heterocycles. The van der Waals surface area contributed by atoms with Crippen LogP contribution in [0.5, 0.6) is 0 Å². The number of hydrogen-bond acceptors (Lipinski definition) is 7. The second kappa shape index (κ2) is 8.87. The van der Waals surface area contributed by atoms with Crippen molar-refractivity contribution in [3.8, 4) is 0 Å². The number of nitrogens with one attached hydrogen (secondary N) is 2. The number of amides is 2. The second-order valence-corrected chi connectivity index (χ2v) is 7.63. The number of nitrogens with zero attached hydrogens (tertiary/aromatic N) is 4. The maximum absolute atomic E-state index is 12.6. The zero-order valence-corrected chi connectivity index (χ0v) is 16.9. The number of thiazole rings is 1. The average Bonchev–Trinajstić information content (AvgIpc) is 3.21. The van der Waals surface area contributed by atoms with Crippen LogP contribution in [0.1, 0.15) is 16.1 Å². The first-order chi connectivity index (χ1) is 14.6. The van der Waals surface area contributed by atoms with Crippen LogP contribution in [0.3, 0.4) is 0 Å². The number of carbonyl (C=O) groups excluding carboxylic acids is 2. The van der Waals surface area contributed by atoms with Crippen LogP contribution in [0.4, 0.5) is 10.9 Å². The molecule has 0 unspecified atom stereocenters. The van der Waals surface area contributed by atoms with Gasteiger partial charge in [-0.3, -0.25) is 19.7 Å². The Morgan fingerprint density at radius 1 is 1.13 bits per heavy atom. The molecule has 0 atom stereocenters. The van der Waals surface area contributed by atoms with Gasteiger partial charge in [0.05, 0.1) is 17.7 Å². The Balaban J connectivity index is 1.29. The van der Waals surface area contributed by atoms with E-state index < -0.39 is 0 Å². The Kier molecular flexibility index (Phi) is 5.84. The molecule has 154 valence electrons. The number of anilines is 2. The third-order valence-electron chi connectivity index (χ3n) is 4.76. The summed E-state index contributed by atoms with van der Waals surface area (Å²) in [6.45, 7) is 2.74. The van der Waals surface area contributed by atoms with Crippen molar-refractivity contribution in [2.75, 3.05) is 36.4 Å². The van der Waals surface area contributed by atoms with E-state index in [1.807, 2.05) is 23.1 Å². The first kappa shape index (κ1) is 19.8. The number of aromatic amines is 1. The molecule has 0 radical (unpaired) electrons. The van der Waals surface area contributed by atoms with Crippen molar-refractivity contribution in [1.82, 2.24) is 19.9 Å². The van der Waals surface area contributed by atoms with Gasteiger partial charge in [-0.1, -0.05) is 6.07 Å². The van der Waals surface area contributed by atoms with E-state index in [4.69, 9.17) is 0 Å². The Morgan fingerprint density at radius 2 is 1.97 bits per heavy atom. The van der Waals surface area contributed by atoms with Crippen LogP contribution in [0.2, 0.25) is 0 Å². The highest BCUT2D eigenvalue weighted by atomic mass is 32.1. The highest BCUT2D eigenvalue weighted by molar-refractivity contribution is 7.14. The summed E-state index contributed by atoms with van der Waals surface area (Å²) in [6.07, 6.45) is 3.30. The minimum Gasteiger partial charge on any atom is -0.353 e. The smallest absolute Gasteiger partial charge is 0.258 e. The van der Waals surface area contributed by atoms with E-state index in [1.165, 1.54) is 29.7 Å². The van der Waals surface area contributed by atoms with Gasteiger partial charge in [0.15, 0.2) is 5.13 Å². The van der Waals surface area contributed by atoms with E-state index in [-0.39, 0.29) is 23.8 Å². The number of aromatic nitrogens is 3. The lowest BCUT2D eigenvalue weighted by atomic mass is 10.2. The summed E-state index contributed by atoms with van der Waals surface area (Å²) in [5.41, 5.74) is 0.671. The maximum atomic E-state index is 12.6. The minimum absolute atomic E-state index is 0.0134. The fraction of sp³-hybridized carbons (Fsp3) is 0.250. The Hall–Kier alpha value is -3.53. The number of carbonyl (C=O) groups is 2. The molecule has 3 aromatic rings. The summed E-state index contributed by atoms with van der Waals surface area (Å²) in [5.74, 6) is 0.565. The highest BCUT2D eigenvalue weighted by Crippen LogP contribution is 2.18. The topological polar surface area (TPSA) is 111 Å². The molecule has 3 aromatic heterocycles. The van der Waals surface area contributed by atoms with E-state index in [1.54, 1.807) is 11.6 Å². The lowest BCUT2D eigenvalue weighted by Crippen LogP contribution is -2.49. The summed E-state index contributed by atoms with van der Waals surface area (Å²) >= 11 is 1.26.